The van der Waals surface area contributed by atoms with Gasteiger partial charge in [0.1, 0.15) is 5.75 Å². The highest BCUT2D eigenvalue weighted by molar-refractivity contribution is 5.96. The minimum atomic E-state index is -0.999. The van der Waals surface area contributed by atoms with Crippen molar-refractivity contribution in [1.29, 1.82) is 0 Å². The van der Waals surface area contributed by atoms with Crippen LogP contribution in [0.3, 0.4) is 0 Å². The van der Waals surface area contributed by atoms with E-state index in [2.05, 4.69) is 4.90 Å². The lowest BCUT2D eigenvalue weighted by molar-refractivity contribution is -0.174. The van der Waals surface area contributed by atoms with Crippen molar-refractivity contribution in [3.63, 3.8) is 0 Å². The molecule has 2 bridgehead atoms. The molecule has 2 aliphatic heterocycles. The Balaban J connectivity index is 1.47. The van der Waals surface area contributed by atoms with Crippen LogP contribution in [-0.2, 0) is 14.3 Å². The predicted molar refractivity (Wildman–Crippen MR) is 102 cm³/mol. The number of ether oxygens (including phenoxy) is 2. The summed E-state index contributed by atoms with van der Waals surface area (Å²) in [5.41, 5.74) is -0.919. The zero-order valence-corrected chi connectivity index (χ0v) is 16.6. The molecule has 27 heavy (non-hydrogen) atoms. The number of benzene rings is 1. The fourth-order valence-corrected chi connectivity index (χ4v) is 4.94. The average Bonchev–Trinajstić information content (AvgIpc) is 2.98. The van der Waals surface area contributed by atoms with Gasteiger partial charge < -0.3 is 19.3 Å². The largest absolute Gasteiger partial charge is 0.497 e. The van der Waals surface area contributed by atoms with Gasteiger partial charge in [-0.15, -0.1) is 0 Å². The molecular weight excluding hydrogens is 344 g/mol. The number of nitrogens with zero attached hydrogens (tertiary/aromatic N) is 2. The SMILES string of the molecule is COc1ccc(N2CCN(C(=O)[C@]34CC[C@@](C)(C(=O)O3)C4(C)C)CC2)cc1. The van der Waals surface area contributed by atoms with Crippen LogP contribution < -0.4 is 9.64 Å². The molecule has 1 aliphatic carbocycles. The van der Waals surface area contributed by atoms with Crippen LogP contribution in [-0.4, -0.2) is 55.7 Å². The molecule has 1 amide bonds. The highest BCUT2D eigenvalue weighted by Crippen LogP contribution is 2.65. The van der Waals surface area contributed by atoms with Gasteiger partial charge in [0.2, 0.25) is 0 Å². The lowest BCUT2D eigenvalue weighted by Gasteiger charge is -2.42. The van der Waals surface area contributed by atoms with Crippen LogP contribution in [0.5, 0.6) is 5.75 Å². The molecule has 2 atom stereocenters. The average molecular weight is 372 g/mol. The third-order valence-corrected chi connectivity index (χ3v) is 7.43. The second-order valence-electron chi connectivity index (χ2n) is 8.65. The molecule has 4 rings (SSSR count). The van der Waals surface area contributed by atoms with Gasteiger partial charge in [0.15, 0.2) is 5.60 Å². The zero-order valence-electron chi connectivity index (χ0n) is 16.6. The molecule has 146 valence electrons. The van der Waals surface area contributed by atoms with Crippen LogP contribution in [0.15, 0.2) is 24.3 Å². The van der Waals surface area contributed by atoms with E-state index < -0.39 is 16.4 Å². The number of anilines is 1. The van der Waals surface area contributed by atoms with E-state index in [4.69, 9.17) is 9.47 Å². The molecule has 0 spiro atoms. The number of methoxy groups -OCH3 is 1. The van der Waals surface area contributed by atoms with E-state index in [1.165, 1.54) is 0 Å². The molecule has 0 radical (unpaired) electrons. The number of rotatable bonds is 3. The van der Waals surface area contributed by atoms with Crippen molar-refractivity contribution >= 4 is 17.6 Å². The van der Waals surface area contributed by atoms with E-state index in [0.29, 0.717) is 19.5 Å². The molecule has 1 aromatic carbocycles. The Kier molecular flexibility index (Phi) is 3.95. The quantitative estimate of drug-likeness (QED) is 0.763. The molecule has 3 aliphatic rings. The summed E-state index contributed by atoms with van der Waals surface area (Å²) in [6.45, 7) is 8.76. The molecular formula is C21H28N2O4. The minimum Gasteiger partial charge on any atom is -0.497 e. The highest BCUT2D eigenvalue weighted by Gasteiger charge is 2.76. The normalized spacial score (nSPS) is 31.8. The van der Waals surface area contributed by atoms with E-state index in [-0.39, 0.29) is 11.9 Å². The van der Waals surface area contributed by atoms with Gasteiger partial charge in [-0.05, 0) is 44.0 Å². The Morgan fingerprint density at radius 2 is 1.67 bits per heavy atom. The summed E-state index contributed by atoms with van der Waals surface area (Å²) in [5.74, 6) is 0.599. The van der Waals surface area contributed by atoms with Crippen LogP contribution in [0.4, 0.5) is 5.69 Å². The van der Waals surface area contributed by atoms with E-state index in [0.717, 1.165) is 30.9 Å². The summed E-state index contributed by atoms with van der Waals surface area (Å²) in [5, 5.41) is 0. The summed E-state index contributed by atoms with van der Waals surface area (Å²) in [6.07, 6.45) is 1.34. The van der Waals surface area contributed by atoms with Crippen molar-refractivity contribution in [2.45, 2.75) is 39.2 Å². The topological polar surface area (TPSA) is 59.1 Å². The van der Waals surface area contributed by atoms with Crippen molar-refractivity contribution in [3.8, 4) is 5.75 Å². The van der Waals surface area contributed by atoms with Gasteiger partial charge in [-0.25, -0.2) is 0 Å². The van der Waals surface area contributed by atoms with Crippen LogP contribution in [0, 0.1) is 10.8 Å². The third-order valence-electron chi connectivity index (χ3n) is 7.43. The number of hydrogen-bond acceptors (Lipinski definition) is 5. The molecule has 0 unspecified atom stereocenters. The summed E-state index contributed by atoms with van der Waals surface area (Å²) in [4.78, 5) is 30.0. The first-order valence-corrected chi connectivity index (χ1v) is 9.67. The molecule has 0 N–H and O–H groups in total. The fraction of sp³-hybridized carbons (Fsp3) is 0.619. The molecule has 3 fully saturated rings. The van der Waals surface area contributed by atoms with Crippen molar-refractivity contribution in [2.24, 2.45) is 10.8 Å². The maximum absolute atomic E-state index is 13.4. The maximum Gasteiger partial charge on any atom is 0.313 e. The standard InChI is InChI=1S/C21H28N2O4/c1-19(2)20(3)9-10-21(19,27-18(20)25)17(24)23-13-11-22(12-14-23)15-5-7-16(26-4)8-6-15/h5-8H,9-14H2,1-4H3/t20-,21-/m0/s1. The van der Waals surface area contributed by atoms with Crippen LogP contribution in [0.2, 0.25) is 0 Å². The first-order valence-electron chi connectivity index (χ1n) is 9.67. The number of carbonyl (C=O) groups is 2. The van der Waals surface area contributed by atoms with E-state index in [1.807, 2.05) is 49.9 Å². The molecule has 6 nitrogen and oxygen atoms in total. The summed E-state index contributed by atoms with van der Waals surface area (Å²) >= 11 is 0. The second-order valence-corrected chi connectivity index (χ2v) is 8.65. The zero-order chi connectivity index (χ0) is 19.4. The maximum atomic E-state index is 13.4. The summed E-state index contributed by atoms with van der Waals surface area (Å²) in [7, 11) is 1.66. The van der Waals surface area contributed by atoms with Crippen LogP contribution in [0.1, 0.15) is 33.6 Å². The highest BCUT2D eigenvalue weighted by atomic mass is 16.6. The van der Waals surface area contributed by atoms with E-state index >= 15 is 0 Å². The third kappa shape index (κ3) is 2.31. The molecule has 1 aromatic rings. The minimum absolute atomic E-state index is 0.0172. The number of amides is 1. The number of hydrogen-bond donors (Lipinski definition) is 0. The number of carbonyl (C=O) groups excluding carboxylic acids is 2. The first kappa shape index (κ1) is 18.1. The summed E-state index contributed by atoms with van der Waals surface area (Å²) < 4.78 is 11.0. The van der Waals surface area contributed by atoms with Crippen molar-refractivity contribution in [2.75, 3.05) is 38.2 Å². The Morgan fingerprint density at radius 3 is 2.15 bits per heavy atom. The van der Waals surface area contributed by atoms with E-state index in [1.54, 1.807) is 7.11 Å². The van der Waals surface area contributed by atoms with Gasteiger partial charge in [-0.2, -0.15) is 0 Å². The van der Waals surface area contributed by atoms with Gasteiger partial charge in [0, 0.05) is 37.3 Å². The lowest BCUT2D eigenvalue weighted by atomic mass is 9.66. The Bertz CT molecular complexity index is 767. The Hall–Kier alpha value is -2.24. The van der Waals surface area contributed by atoms with Crippen molar-refractivity contribution < 1.29 is 19.1 Å². The van der Waals surface area contributed by atoms with Crippen molar-refractivity contribution in [3.05, 3.63) is 24.3 Å². The first-order chi connectivity index (χ1) is 12.7. The van der Waals surface area contributed by atoms with Crippen LogP contribution >= 0.6 is 0 Å². The van der Waals surface area contributed by atoms with Gasteiger partial charge in [-0.3, -0.25) is 9.59 Å². The molecule has 2 saturated heterocycles. The van der Waals surface area contributed by atoms with Crippen LogP contribution in [0.25, 0.3) is 0 Å². The molecule has 1 saturated carbocycles. The Labute approximate surface area is 160 Å². The van der Waals surface area contributed by atoms with Crippen molar-refractivity contribution in [1.82, 2.24) is 4.90 Å². The smallest absolute Gasteiger partial charge is 0.313 e. The molecule has 0 aromatic heterocycles. The monoisotopic (exact) mass is 372 g/mol. The second kappa shape index (κ2) is 5.88. The van der Waals surface area contributed by atoms with Gasteiger partial charge in [0.25, 0.3) is 5.91 Å². The summed E-state index contributed by atoms with van der Waals surface area (Å²) in [6, 6.07) is 7.98. The predicted octanol–water partition coefficient (Wildman–Crippen LogP) is 2.47. The van der Waals surface area contributed by atoms with Gasteiger partial charge >= 0.3 is 5.97 Å². The Morgan fingerprint density at radius 1 is 1.04 bits per heavy atom. The molecule has 6 heteroatoms. The number of fused-ring (bicyclic) bond motifs is 2. The van der Waals surface area contributed by atoms with Gasteiger partial charge in [-0.1, -0.05) is 13.8 Å². The lowest BCUT2D eigenvalue weighted by Crippen LogP contribution is -2.59. The van der Waals surface area contributed by atoms with Gasteiger partial charge in [0.05, 0.1) is 12.5 Å². The fourth-order valence-electron chi connectivity index (χ4n) is 4.94. The molecule has 2 heterocycles. The van der Waals surface area contributed by atoms with E-state index in [9.17, 15) is 9.59 Å². The number of piperazine rings is 1. The number of esters is 1.